The minimum atomic E-state index is 0.137. The van der Waals surface area contributed by atoms with Crippen LogP contribution in [0.2, 0.25) is 0 Å². The molecule has 1 amide bonds. The first kappa shape index (κ1) is 14.1. The Hall–Kier alpha value is -0.350. The first-order chi connectivity index (χ1) is 8.49. The van der Waals surface area contributed by atoms with Gasteiger partial charge in [-0.1, -0.05) is 29.8 Å². The molecule has 1 aromatic carbocycles. The van der Waals surface area contributed by atoms with Gasteiger partial charge in [0.25, 0.3) is 5.91 Å². The zero-order valence-corrected chi connectivity index (χ0v) is 13.8. The van der Waals surface area contributed by atoms with Crippen LogP contribution in [0.25, 0.3) is 0 Å². The fourth-order valence-electron chi connectivity index (χ4n) is 2.35. The molecule has 1 heterocycles. The van der Waals surface area contributed by atoms with Crippen LogP contribution in [-0.4, -0.2) is 23.9 Å². The molecular weight excluding hydrogens is 358 g/mol. The van der Waals surface area contributed by atoms with Crippen molar-refractivity contribution >= 4 is 37.8 Å². The van der Waals surface area contributed by atoms with E-state index in [1.54, 1.807) is 0 Å². The highest BCUT2D eigenvalue weighted by molar-refractivity contribution is 9.11. The van der Waals surface area contributed by atoms with Crippen LogP contribution in [0, 0.1) is 11.8 Å². The smallest absolute Gasteiger partial charge is 0.255 e. The molecule has 1 atom stereocenters. The molecule has 0 N–H and O–H groups in total. The Labute approximate surface area is 125 Å². The zero-order chi connectivity index (χ0) is 13.3. The molecule has 0 radical (unpaired) electrons. The molecule has 2 rings (SSSR count). The average Bonchev–Trinajstić information content (AvgIpc) is 2.77. The molecule has 1 unspecified atom stereocenters. The van der Waals surface area contributed by atoms with Gasteiger partial charge in [0.1, 0.15) is 0 Å². The second-order valence-corrected chi connectivity index (χ2v) is 6.94. The maximum atomic E-state index is 12.4. The van der Waals surface area contributed by atoms with Crippen LogP contribution < -0.4 is 0 Å². The summed E-state index contributed by atoms with van der Waals surface area (Å²) in [4.78, 5) is 14.4. The number of benzene rings is 1. The number of hydrogen-bond acceptors (Lipinski definition) is 1. The predicted molar refractivity (Wildman–Crippen MR) is 80.7 cm³/mol. The van der Waals surface area contributed by atoms with Gasteiger partial charge in [0, 0.05) is 22.0 Å². The first-order valence-electron chi connectivity index (χ1n) is 6.23. The third-order valence-electron chi connectivity index (χ3n) is 3.62. The molecule has 18 heavy (non-hydrogen) atoms. The van der Waals surface area contributed by atoms with Crippen molar-refractivity contribution in [2.24, 2.45) is 11.8 Å². The lowest BCUT2D eigenvalue weighted by Crippen LogP contribution is -2.29. The van der Waals surface area contributed by atoms with Gasteiger partial charge in [0.2, 0.25) is 0 Å². The third kappa shape index (κ3) is 2.97. The van der Waals surface area contributed by atoms with Gasteiger partial charge in [-0.2, -0.15) is 0 Å². The van der Waals surface area contributed by atoms with Crippen molar-refractivity contribution in [1.29, 1.82) is 0 Å². The Morgan fingerprint density at radius 2 is 2.11 bits per heavy atom. The van der Waals surface area contributed by atoms with Crippen molar-refractivity contribution in [2.75, 3.05) is 13.1 Å². The van der Waals surface area contributed by atoms with Gasteiger partial charge in [-0.25, -0.2) is 0 Å². The van der Waals surface area contributed by atoms with Crippen molar-refractivity contribution in [2.45, 2.75) is 20.3 Å². The van der Waals surface area contributed by atoms with Gasteiger partial charge >= 0.3 is 0 Å². The Morgan fingerprint density at radius 3 is 2.67 bits per heavy atom. The highest BCUT2D eigenvalue weighted by atomic mass is 79.9. The molecule has 0 spiro atoms. The molecule has 1 aliphatic rings. The Balaban J connectivity index is 2.13. The summed E-state index contributed by atoms with van der Waals surface area (Å²) in [5.74, 6) is 1.43. The molecule has 1 aromatic rings. The standard InChI is InChI=1S/C14H17Br2NO/c1-9(2)10-5-6-17(8-10)14(18)12-4-3-11(15)7-13(12)16/h3-4,7,9-10H,5-6,8H2,1-2H3. The van der Waals surface area contributed by atoms with Crippen LogP contribution in [-0.2, 0) is 0 Å². The molecule has 0 aromatic heterocycles. The summed E-state index contributed by atoms with van der Waals surface area (Å²) in [5, 5.41) is 0. The van der Waals surface area contributed by atoms with Crippen LogP contribution in [0.4, 0.5) is 0 Å². The number of halogens is 2. The summed E-state index contributed by atoms with van der Waals surface area (Å²) >= 11 is 6.86. The van der Waals surface area contributed by atoms with Crippen LogP contribution >= 0.6 is 31.9 Å². The molecule has 1 saturated heterocycles. The lowest BCUT2D eigenvalue weighted by atomic mass is 9.95. The van der Waals surface area contributed by atoms with E-state index in [-0.39, 0.29) is 5.91 Å². The van der Waals surface area contributed by atoms with Crippen LogP contribution in [0.1, 0.15) is 30.6 Å². The van der Waals surface area contributed by atoms with E-state index in [0.29, 0.717) is 11.8 Å². The number of nitrogens with zero attached hydrogens (tertiary/aromatic N) is 1. The predicted octanol–water partition coefficient (Wildman–Crippen LogP) is 4.33. The van der Waals surface area contributed by atoms with Crippen LogP contribution in [0.3, 0.4) is 0 Å². The topological polar surface area (TPSA) is 20.3 Å². The summed E-state index contributed by atoms with van der Waals surface area (Å²) in [6.07, 6.45) is 1.12. The van der Waals surface area contributed by atoms with E-state index in [4.69, 9.17) is 0 Å². The number of hydrogen-bond donors (Lipinski definition) is 0. The van der Waals surface area contributed by atoms with E-state index in [2.05, 4.69) is 45.7 Å². The molecule has 0 aliphatic carbocycles. The lowest BCUT2D eigenvalue weighted by molar-refractivity contribution is 0.0783. The Bertz CT molecular complexity index is 459. The molecule has 4 heteroatoms. The second kappa shape index (κ2) is 5.74. The molecule has 98 valence electrons. The highest BCUT2D eigenvalue weighted by Gasteiger charge is 2.29. The summed E-state index contributed by atoms with van der Waals surface area (Å²) in [6, 6.07) is 5.70. The van der Waals surface area contributed by atoms with Crippen molar-refractivity contribution in [1.82, 2.24) is 4.90 Å². The summed E-state index contributed by atoms with van der Waals surface area (Å²) in [5.41, 5.74) is 0.752. The van der Waals surface area contributed by atoms with E-state index in [1.807, 2.05) is 23.1 Å². The number of carbonyl (C=O) groups is 1. The van der Waals surface area contributed by atoms with Gasteiger partial charge in [-0.3, -0.25) is 4.79 Å². The molecule has 1 fully saturated rings. The largest absolute Gasteiger partial charge is 0.338 e. The molecule has 2 nitrogen and oxygen atoms in total. The van der Waals surface area contributed by atoms with Gasteiger partial charge < -0.3 is 4.90 Å². The van der Waals surface area contributed by atoms with E-state index < -0.39 is 0 Å². The summed E-state index contributed by atoms with van der Waals surface area (Å²) < 4.78 is 1.84. The molecule has 1 aliphatic heterocycles. The second-order valence-electron chi connectivity index (χ2n) is 5.17. The van der Waals surface area contributed by atoms with Crippen molar-refractivity contribution in [3.05, 3.63) is 32.7 Å². The maximum absolute atomic E-state index is 12.4. The van der Waals surface area contributed by atoms with Crippen molar-refractivity contribution in [3.63, 3.8) is 0 Å². The van der Waals surface area contributed by atoms with E-state index in [9.17, 15) is 4.79 Å². The van der Waals surface area contributed by atoms with Crippen molar-refractivity contribution in [3.8, 4) is 0 Å². The normalized spacial score (nSPS) is 19.6. The summed E-state index contributed by atoms with van der Waals surface area (Å²) in [6.45, 7) is 6.23. The summed E-state index contributed by atoms with van der Waals surface area (Å²) in [7, 11) is 0. The van der Waals surface area contributed by atoms with Crippen LogP contribution in [0.15, 0.2) is 27.1 Å². The van der Waals surface area contributed by atoms with E-state index in [0.717, 1.165) is 34.0 Å². The quantitative estimate of drug-likeness (QED) is 0.754. The van der Waals surface area contributed by atoms with Gasteiger partial charge in [-0.15, -0.1) is 0 Å². The van der Waals surface area contributed by atoms with Crippen LogP contribution in [0.5, 0.6) is 0 Å². The SMILES string of the molecule is CC(C)C1CCN(C(=O)c2ccc(Br)cc2Br)C1. The molecule has 0 bridgehead atoms. The Kier molecular flexibility index (Phi) is 4.49. The number of amides is 1. The van der Waals surface area contributed by atoms with E-state index >= 15 is 0 Å². The maximum Gasteiger partial charge on any atom is 0.255 e. The van der Waals surface area contributed by atoms with Gasteiger partial charge in [0.15, 0.2) is 0 Å². The monoisotopic (exact) mass is 373 g/mol. The Morgan fingerprint density at radius 1 is 1.39 bits per heavy atom. The van der Waals surface area contributed by atoms with Gasteiger partial charge in [-0.05, 0) is 52.4 Å². The number of likely N-dealkylation sites (tertiary alicyclic amines) is 1. The zero-order valence-electron chi connectivity index (χ0n) is 10.6. The molecule has 0 saturated carbocycles. The average molecular weight is 375 g/mol. The third-order valence-corrected chi connectivity index (χ3v) is 4.77. The highest BCUT2D eigenvalue weighted by Crippen LogP contribution is 2.28. The number of carbonyl (C=O) groups excluding carboxylic acids is 1. The molecular formula is C14H17Br2NO. The number of rotatable bonds is 2. The van der Waals surface area contributed by atoms with Crippen molar-refractivity contribution < 1.29 is 4.79 Å². The minimum absolute atomic E-state index is 0.137. The van der Waals surface area contributed by atoms with Gasteiger partial charge in [0.05, 0.1) is 5.56 Å². The fourth-order valence-corrected chi connectivity index (χ4v) is 3.57. The minimum Gasteiger partial charge on any atom is -0.338 e. The van der Waals surface area contributed by atoms with E-state index in [1.165, 1.54) is 0 Å². The first-order valence-corrected chi connectivity index (χ1v) is 7.82. The lowest BCUT2D eigenvalue weighted by Gasteiger charge is -2.19. The fraction of sp³-hybridized carbons (Fsp3) is 0.500.